The number of rotatable bonds is 7. The van der Waals surface area contributed by atoms with Gasteiger partial charge >= 0.3 is 0 Å². The lowest BCUT2D eigenvalue weighted by molar-refractivity contribution is -0.119. The van der Waals surface area contributed by atoms with Gasteiger partial charge in [-0.25, -0.2) is 4.98 Å². The number of halogens is 1. The monoisotopic (exact) mass is 456 g/mol. The maximum Gasteiger partial charge on any atom is 0.240 e. The molecule has 2 amide bonds. The Hall–Kier alpha value is -2.74. The maximum atomic E-state index is 12.4. The number of aromatic nitrogens is 1. The number of nitrogens with zero attached hydrogens (tertiary/aromatic N) is 2. The molecule has 0 atom stereocenters. The number of amides is 2. The number of aryl methyl sites for hydroxylation is 3. The molecule has 0 aliphatic carbocycles. The van der Waals surface area contributed by atoms with Gasteiger partial charge in [-0.2, -0.15) is 0 Å². The first-order chi connectivity index (χ1) is 14.7. The second kappa shape index (κ2) is 10.0. The van der Waals surface area contributed by atoms with Gasteiger partial charge in [-0.05, 0) is 62.7 Å². The number of para-hydroxylation sites is 1. The first-order valence-electron chi connectivity index (χ1n) is 9.79. The molecule has 8 heteroatoms. The molecular weight excluding hydrogens is 432 g/mol. The van der Waals surface area contributed by atoms with Crippen molar-refractivity contribution in [3.8, 4) is 11.3 Å². The van der Waals surface area contributed by atoms with Crippen molar-refractivity contribution in [3.63, 3.8) is 0 Å². The van der Waals surface area contributed by atoms with Gasteiger partial charge in [0.2, 0.25) is 11.8 Å². The van der Waals surface area contributed by atoms with Gasteiger partial charge in [-0.15, -0.1) is 11.3 Å². The zero-order chi connectivity index (χ0) is 22.5. The zero-order valence-corrected chi connectivity index (χ0v) is 19.5. The lowest BCUT2D eigenvalue weighted by Gasteiger charge is -2.15. The predicted octanol–water partition coefficient (Wildman–Crippen LogP) is 4.90. The molecule has 1 heterocycles. The largest absolute Gasteiger partial charge is 0.324 e. The Kier molecular flexibility index (Phi) is 7.43. The van der Waals surface area contributed by atoms with E-state index < -0.39 is 0 Å². The van der Waals surface area contributed by atoms with E-state index in [1.54, 1.807) is 36.2 Å². The summed E-state index contributed by atoms with van der Waals surface area (Å²) in [6.45, 7) is 6.34. The molecule has 2 aromatic carbocycles. The van der Waals surface area contributed by atoms with Crippen LogP contribution in [0.3, 0.4) is 0 Å². The van der Waals surface area contributed by atoms with Gasteiger partial charge in [-0.3, -0.25) is 14.5 Å². The second-order valence-electron chi connectivity index (χ2n) is 7.54. The molecule has 0 saturated carbocycles. The number of hydrogen-bond acceptors (Lipinski definition) is 5. The summed E-state index contributed by atoms with van der Waals surface area (Å²) in [4.78, 5) is 30.8. The maximum absolute atomic E-state index is 12.4. The van der Waals surface area contributed by atoms with Gasteiger partial charge in [0.1, 0.15) is 0 Å². The van der Waals surface area contributed by atoms with Gasteiger partial charge in [0.05, 0.1) is 29.5 Å². The van der Waals surface area contributed by atoms with Crippen LogP contribution < -0.4 is 10.6 Å². The lowest BCUT2D eigenvalue weighted by atomic mass is 9.99. The van der Waals surface area contributed by atoms with E-state index in [4.69, 9.17) is 11.6 Å². The Morgan fingerprint density at radius 3 is 2.35 bits per heavy atom. The Labute approximate surface area is 191 Å². The summed E-state index contributed by atoms with van der Waals surface area (Å²) in [5.41, 5.74) is 6.04. The van der Waals surface area contributed by atoms with Crippen LogP contribution in [0.4, 0.5) is 10.8 Å². The number of carbonyl (C=O) groups is 2. The fourth-order valence-corrected chi connectivity index (χ4v) is 4.06. The third-order valence-corrected chi connectivity index (χ3v) is 5.93. The average molecular weight is 457 g/mol. The molecule has 0 aliphatic heterocycles. The van der Waals surface area contributed by atoms with Crippen molar-refractivity contribution in [3.05, 3.63) is 63.5 Å². The van der Waals surface area contributed by atoms with Gasteiger partial charge in [0, 0.05) is 10.9 Å². The number of anilines is 2. The van der Waals surface area contributed by atoms with E-state index >= 15 is 0 Å². The Morgan fingerprint density at radius 1 is 1.00 bits per heavy atom. The molecule has 0 aliphatic rings. The van der Waals surface area contributed by atoms with Crippen LogP contribution in [-0.2, 0) is 9.59 Å². The minimum absolute atomic E-state index is 0.0591. The SMILES string of the molecule is Cc1cc(C)c(-c2csc(NC(=O)CN(C)CC(=O)Nc3ccccc3Cl)n2)cc1C. The summed E-state index contributed by atoms with van der Waals surface area (Å²) in [6, 6.07) is 11.3. The molecule has 0 bridgehead atoms. The molecule has 0 unspecified atom stereocenters. The minimum Gasteiger partial charge on any atom is -0.324 e. The standard InChI is InChI=1S/C23H25ClN4O2S/c1-14-9-16(3)17(10-15(14)2)20-13-31-23(26-20)27-22(30)12-28(4)11-21(29)25-19-8-6-5-7-18(19)24/h5-10,13H,11-12H2,1-4H3,(H,25,29)(H,26,27,30). The highest BCUT2D eigenvalue weighted by molar-refractivity contribution is 7.14. The molecule has 162 valence electrons. The number of likely N-dealkylation sites (N-methyl/N-ethyl adjacent to an activating group) is 1. The topological polar surface area (TPSA) is 74.3 Å². The van der Waals surface area contributed by atoms with Crippen molar-refractivity contribution >= 4 is 45.6 Å². The van der Waals surface area contributed by atoms with Crippen LogP contribution in [0.5, 0.6) is 0 Å². The van der Waals surface area contributed by atoms with Gasteiger partial charge < -0.3 is 10.6 Å². The first-order valence-corrected chi connectivity index (χ1v) is 11.0. The molecule has 0 spiro atoms. The molecule has 31 heavy (non-hydrogen) atoms. The van der Waals surface area contributed by atoms with Crippen molar-refractivity contribution in [1.82, 2.24) is 9.88 Å². The smallest absolute Gasteiger partial charge is 0.240 e. The summed E-state index contributed by atoms with van der Waals surface area (Å²) in [7, 11) is 1.71. The molecule has 3 rings (SSSR count). The van der Waals surface area contributed by atoms with Crippen molar-refractivity contribution in [2.75, 3.05) is 30.8 Å². The van der Waals surface area contributed by atoms with Crippen LogP contribution in [0.1, 0.15) is 16.7 Å². The summed E-state index contributed by atoms with van der Waals surface area (Å²) in [5.74, 6) is -0.476. The van der Waals surface area contributed by atoms with Gasteiger partial charge in [0.25, 0.3) is 0 Å². The number of nitrogens with one attached hydrogen (secondary N) is 2. The van der Waals surface area contributed by atoms with Crippen molar-refractivity contribution < 1.29 is 9.59 Å². The van der Waals surface area contributed by atoms with Crippen LogP contribution in [0, 0.1) is 20.8 Å². The third kappa shape index (κ3) is 6.13. The Bertz CT molecular complexity index is 1110. The van der Waals surface area contributed by atoms with E-state index in [1.165, 1.54) is 22.5 Å². The van der Waals surface area contributed by atoms with Crippen LogP contribution >= 0.6 is 22.9 Å². The molecule has 1 aromatic heterocycles. The molecule has 2 N–H and O–H groups in total. The van der Waals surface area contributed by atoms with E-state index in [2.05, 4.69) is 48.5 Å². The number of hydrogen-bond donors (Lipinski definition) is 2. The summed E-state index contributed by atoms with van der Waals surface area (Å²) in [5, 5.41) is 8.50. The first kappa shape index (κ1) is 22.9. The minimum atomic E-state index is -0.245. The second-order valence-corrected chi connectivity index (χ2v) is 8.80. The highest BCUT2D eigenvalue weighted by atomic mass is 35.5. The lowest BCUT2D eigenvalue weighted by Crippen LogP contribution is -2.36. The van der Waals surface area contributed by atoms with E-state index in [0.717, 1.165) is 16.8 Å². The average Bonchev–Trinajstić information content (AvgIpc) is 3.14. The molecular formula is C23H25ClN4O2S. The van der Waals surface area contributed by atoms with Crippen molar-refractivity contribution in [2.24, 2.45) is 0 Å². The Balaban J connectivity index is 1.54. The number of benzene rings is 2. The van der Waals surface area contributed by atoms with Gasteiger partial charge in [0.15, 0.2) is 5.13 Å². The predicted molar refractivity (Wildman–Crippen MR) is 128 cm³/mol. The fourth-order valence-electron chi connectivity index (χ4n) is 3.15. The molecule has 0 fully saturated rings. The van der Waals surface area contributed by atoms with E-state index in [1.807, 2.05) is 5.38 Å². The zero-order valence-electron chi connectivity index (χ0n) is 18.0. The van der Waals surface area contributed by atoms with Gasteiger partial charge in [-0.1, -0.05) is 29.8 Å². The van der Waals surface area contributed by atoms with E-state index in [9.17, 15) is 9.59 Å². The Morgan fingerprint density at radius 2 is 1.65 bits per heavy atom. The third-order valence-electron chi connectivity index (χ3n) is 4.84. The molecule has 3 aromatic rings. The van der Waals surface area contributed by atoms with Crippen LogP contribution in [0.15, 0.2) is 41.8 Å². The fraction of sp³-hybridized carbons (Fsp3) is 0.261. The summed E-state index contributed by atoms with van der Waals surface area (Å²) in [6.07, 6.45) is 0. The molecule has 6 nitrogen and oxygen atoms in total. The molecule has 0 radical (unpaired) electrons. The van der Waals surface area contributed by atoms with Crippen LogP contribution in [0.25, 0.3) is 11.3 Å². The molecule has 0 saturated heterocycles. The summed E-state index contributed by atoms with van der Waals surface area (Å²) >= 11 is 7.43. The van der Waals surface area contributed by atoms with Crippen LogP contribution in [0.2, 0.25) is 5.02 Å². The number of thiazole rings is 1. The highest BCUT2D eigenvalue weighted by Gasteiger charge is 2.14. The summed E-state index contributed by atoms with van der Waals surface area (Å²) < 4.78 is 0. The van der Waals surface area contributed by atoms with Crippen molar-refractivity contribution in [1.29, 1.82) is 0 Å². The highest BCUT2D eigenvalue weighted by Crippen LogP contribution is 2.29. The van der Waals surface area contributed by atoms with Crippen molar-refractivity contribution in [2.45, 2.75) is 20.8 Å². The normalized spacial score (nSPS) is 10.9. The van der Waals surface area contributed by atoms with Crippen LogP contribution in [-0.4, -0.2) is 41.8 Å². The quantitative estimate of drug-likeness (QED) is 0.530. The number of carbonyl (C=O) groups excluding carboxylic acids is 2. The van der Waals surface area contributed by atoms with E-state index in [-0.39, 0.29) is 24.9 Å². The van der Waals surface area contributed by atoms with E-state index in [0.29, 0.717) is 15.8 Å².